The Balaban J connectivity index is 1.22. The number of ether oxygens (including phenoxy) is 1. The molecular weight excluding hydrogens is 556 g/mol. The molecule has 1 aliphatic rings. The Bertz CT molecular complexity index is 1790. The molecule has 218 valence electrons. The second-order valence-corrected chi connectivity index (χ2v) is 10.2. The van der Waals surface area contributed by atoms with Gasteiger partial charge in [0.15, 0.2) is 0 Å². The molecule has 1 fully saturated rings. The van der Waals surface area contributed by atoms with Gasteiger partial charge < -0.3 is 20.6 Å². The van der Waals surface area contributed by atoms with E-state index in [1.807, 2.05) is 6.92 Å². The van der Waals surface area contributed by atoms with Crippen LogP contribution in [0.3, 0.4) is 0 Å². The number of halogens is 2. The average molecular weight is 584 g/mol. The van der Waals surface area contributed by atoms with Crippen LogP contribution in [0.1, 0.15) is 22.3 Å². The van der Waals surface area contributed by atoms with E-state index < -0.39 is 24.0 Å². The van der Waals surface area contributed by atoms with E-state index in [0.717, 1.165) is 5.56 Å². The first kappa shape index (κ1) is 27.9. The van der Waals surface area contributed by atoms with Crippen molar-refractivity contribution in [3.05, 3.63) is 96.1 Å². The minimum absolute atomic E-state index is 0.0277. The van der Waals surface area contributed by atoms with Crippen LogP contribution in [0, 0.1) is 12.7 Å². The van der Waals surface area contributed by atoms with Gasteiger partial charge in [0.25, 0.3) is 0 Å². The minimum atomic E-state index is -1.23. The molecule has 3 aromatic carbocycles. The monoisotopic (exact) mass is 583 g/mol. The first-order chi connectivity index (χ1) is 20.9. The van der Waals surface area contributed by atoms with E-state index in [2.05, 4.69) is 25.5 Å². The summed E-state index contributed by atoms with van der Waals surface area (Å²) in [5.74, 6) is -0.194. The van der Waals surface area contributed by atoms with Gasteiger partial charge in [-0.15, -0.1) is 10.2 Å². The van der Waals surface area contributed by atoms with Crippen molar-refractivity contribution in [2.75, 3.05) is 24.1 Å². The molecule has 0 radical (unpaired) electrons. The summed E-state index contributed by atoms with van der Waals surface area (Å²) in [5, 5.41) is 13.8. The number of hydroxylamine groups is 2. The Morgan fingerprint density at radius 2 is 1.84 bits per heavy atom. The summed E-state index contributed by atoms with van der Waals surface area (Å²) in [5.41, 5.74) is 8.17. The summed E-state index contributed by atoms with van der Waals surface area (Å²) >= 11 is 0. The number of nitrogens with one attached hydrogen (secondary N) is 1. The Labute approximate surface area is 245 Å². The predicted octanol–water partition coefficient (Wildman–Crippen LogP) is 5.51. The van der Waals surface area contributed by atoms with E-state index in [1.165, 1.54) is 17.3 Å². The quantitative estimate of drug-likeness (QED) is 0.237. The van der Waals surface area contributed by atoms with E-state index in [4.69, 9.17) is 15.3 Å². The van der Waals surface area contributed by atoms with Crippen molar-refractivity contribution < 1.29 is 23.1 Å². The van der Waals surface area contributed by atoms with Crippen molar-refractivity contribution in [3.8, 4) is 22.9 Å². The van der Waals surface area contributed by atoms with Gasteiger partial charge in [0.1, 0.15) is 17.7 Å². The van der Waals surface area contributed by atoms with Crippen LogP contribution in [0.15, 0.2) is 79.1 Å². The van der Waals surface area contributed by atoms with Crippen LogP contribution in [0.5, 0.6) is 11.6 Å². The summed E-state index contributed by atoms with van der Waals surface area (Å²) in [7, 11) is 0. The number of hydrogen-bond acceptors (Lipinski definition) is 10. The van der Waals surface area contributed by atoms with Gasteiger partial charge in [0.2, 0.25) is 11.8 Å². The number of aryl methyl sites for hydroxylation is 1. The number of nitrogens with two attached hydrogens (primary N) is 1. The van der Waals surface area contributed by atoms with Gasteiger partial charge in [-0.2, -0.15) is 5.10 Å². The number of benzene rings is 3. The highest BCUT2D eigenvalue weighted by Crippen LogP contribution is 2.38. The number of aromatic nitrogens is 4. The number of hydrogen-bond donors (Lipinski definition) is 2. The van der Waals surface area contributed by atoms with Crippen molar-refractivity contribution in [3.63, 3.8) is 0 Å². The zero-order chi connectivity index (χ0) is 29.9. The van der Waals surface area contributed by atoms with Crippen LogP contribution >= 0.6 is 0 Å². The first-order valence-electron chi connectivity index (χ1n) is 13.6. The molecular formula is C31H27F2N7O3. The summed E-state index contributed by atoms with van der Waals surface area (Å²) in [6.45, 7) is 2.06. The molecule has 6 rings (SSSR count). The number of carbonyl (C=O) groups excluding carboxylic acids is 1. The number of anilines is 2. The van der Waals surface area contributed by atoms with E-state index in [1.54, 1.807) is 66.9 Å². The standard InChI is InChI=1S/C31H27F2N7O3/c1-18-7-8-22-23(9-10-25(33)27(22)34)28(18)42-29-24(11-14-36-39-29)26-12-13-35-31(38-26)37-21-15-20(32)16-40(17-21)43-30(41)19-5-3-2-4-6-19/h2-14,20-21H,15-17,34H2,1H3,(H,35,37,38)/t20-,21-/m0/s1. The SMILES string of the molecule is Cc1ccc2c(N)c(F)ccc2c1Oc1nnccc1-c1ccnc(N[C@H]2C[C@H](F)CN(OC(=O)c3ccccc3)C2)n1. The second kappa shape index (κ2) is 11.9. The Hall–Kier alpha value is -5.23. The molecule has 0 saturated carbocycles. The van der Waals surface area contributed by atoms with Gasteiger partial charge in [-0.25, -0.2) is 23.5 Å². The maximum atomic E-state index is 14.7. The topological polar surface area (TPSA) is 128 Å². The zero-order valence-electron chi connectivity index (χ0n) is 23.1. The molecule has 2 aromatic heterocycles. The van der Waals surface area contributed by atoms with Gasteiger partial charge in [-0.1, -0.05) is 30.3 Å². The molecule has 0 unspecified atom stereocenters. The van der Waals surface area contributed by atoms with Gasteiger partial charge in [0.05, 0.1) is 41.8 Å². The van der Waals surface area contributed by atoms with E-state index in [-0.39, 0.29) is 37.0 Å². The van der Waals surface area contributed by atoms with Crippen LogP contribution in [-0.4, -0.2) is 56.5 Å². The third kappa shape index (κ3) is 6.04. The molecule has 0 spiro atoms. The zero-order valence-corrected chi connectivity index (χ0v) is 23.1. The largest absolute Gasteiger partial charge is 0.436 e. The fourth-order valence-electron chi connectivity index (χ4n) is 4.99. The van der Waals surface area contributed by atoms with E-state index in [0.29, 0.717) is 33.3 Å². The van der Waals surface area contributed by atoms with Crippen LogP contribution in [0.25, 0.3) is 22.0 Å². The van der Waals surface area contributed by atoms with Crippen LogP contribution in [-0.2, 0) is 4.84 Å². The van der Waals surface area contributed by atoms with Gasteiger partial charge in [-0.05, 0) is 48.9 Å². The Kier molecular flexibility index (Phi) is 7.75. The van der Waals surface area contributed by atoms with Gasteiger partial charge in [-0.3, -0.25) is 0 Å². The summed E-state index contributed by atoms with van der Waals surface area (Å²) in [6, 6.07) is 17.9. The molecule has 0 bridgehead atoms. The van der Waals surface area contributed by atoms with Crippen LogP contribution in [0.2, 0.25) is 0 Å². The third-order valence-corrected chi connectivity index (χ3v) is 7.07. The van der Waals surface area contributed by atoms with Crippen molar-refractivity contribution in [1.82, 2.24) is 25.2 Å². The fraction of sp³-hybridized carbons (Fsp3) is 0.194. The molecule has 3 N–H and O–H groups in total. The number of nitrogens with zero attached hydrogens (tertiary/aromatic N) is 5. The lowest BCUT2D eigenvalue weighted by molar-refractivity contribution is -0.134. The molecule has 43 heavy (non-hydrogen) atoms. The fourth-order valence-corrected chi connectivity index (χ4v) is 4.99. The molecule has 12 heteroatoms. The molecule has 1 aliphatic heterocycles. The molecule has 1 saturated heterocycles. The summed E-state index contributed by atoms with van der Waals surface area (Å²) in [4.78, 5) is 26.9. The maximum Gasteiger partial charge on any atom is 0.357 e. The molecule has 10 nitrogen and oxygen atoms in total. The van der Waals surface area contributed by atoms with Gasteiger partial charge in [0, 0.05) is 29.4 Å². The number of rotatable bonds is 7. The van der Waals surface area contributed by atoms with E-state index >= 15 is 0 Å². The number of carbonyl (C=O) groups is 1. The van der Waals surface area contributed by atoms with Crippen molar-refractivity contribution in [2.45, 2.75) is 25.6 Å². The lowest BCUT2D eigenvalue weighted by atomic mass is 10.0. The molecule has 5 aromatic rings. The summed E-state index contributed by atoms with van der Waals surface area (Å²) < 4.78 is 35.0. The van der Waals surface area contributed by atoms with Crippen LogP contribution < -0.4 is 15.8 Å². The molecule has 2 atom stereocenters. The average Bonchev–Trinajstić information content (AvgIpc) is 3.01. The highest BCUT2D eigenvalue weighted by molar-refractivity contribution is 5.98. The highest BCUT2D eigenvalue weighted by Gasteiger charge is 2.30. The minimum Gasteiger partial charge on any atom is -0.436 e. The molecule has 0 aliphatic carbocycles. The van der Waals surface area contributed by atoms with Crippen molar-refractivity contribution >= 4 is 28.4 Å². The second-order valence-electron chi connectivity index (χ2n) is 10.2. The highest BCUT2D eigenvalue weighted by atomic mass is 19.1. The number of alkyl halides is 1. The number of nitrogen functional groups attached to an aromatic ring is 1. The Morgan fingerprint density at radius 3 is 2.67 bits per heavy atom. The lowest BCUT2D eigenvalue weighted by Gasteiger charge is -2.33. The van der Waals surface area contributed by atoms with Crippen molar-refractivity contribution in [2.24, 2.45) is 0 Å². The first-order valence-corrected chi connectivity index (χ1v) is 13.6. The maximum absolute atomic E-state index is 14.7. The number of piperidine rings is 1. The predicted molar refractivity (Wildman–Crippen MR) is 157 cm³/mol. The summed E-state index contributed by atoms with van der Waals surface area (Å²) in [6.07, 6.45) is 2.02. The third-order valence-electron chi connectivity index (χ3n) is 7.07. The normalized spacial score (nSPS) is 17.0. The van der Waals surface area contributed by atoms with E-state index in [9.17, 15) is 13.6 Å². The molecule has 3 heterocycles. The van der Waals surface area contributed by atoms with Crippen molar-refractivity contribution in [1.29, 1.82) is 0 Å². The smallest absolute Gasteiger partial charge is 0.357 e. The lowest BCUT2D eigenvalue weighted by Crippen LogP contribution is -2.48. The van der Waals surface area contributed by atoms with Gasteiger partial charge >= 0.3 is 5.97 Å². The number of fused-ring (bicyclic) bond motifs is 1. The Morgan fingerprint density at radius 1 is 1.02 bits per heavy atom. The van der Waals surface area contributed by atoms with Crippen LogP contribution in [0.4, 0.5) is 20.4 Å². The molecule has 0 amide bonds.